The van der Waals surface area contributed by atoms with Crippen LogP contribution in [0.15, 0.2) is 47.5 Å². The van der Waals surface area contributed by atoms with E-state index in [1.54, 1.807) is 23.1 Å². The molecule has 1 saturated heterocycles. The highest BCUT2D eigenvalue weighted by atomic mass is 127. The first kappa shape index (κ1) is 24.2. The zero-order valence-electron chi connectivity index (χ0n) is 16.8. The van der Waals surface area contributed by atoms with E-state index in [1.807, 2.05) is 12.1 Å². The van der Waals surface area contributed by atoms with Gasteiger partial charge in [0.2, 0.25) is 10.0 Å². The lowest BCUT2D eigenvalue weighted by atomic mass is 10.0. The number of aliphatic imine (C=N–C) groups is 1. The fourth-order valence-corrected chi connectivity index (χ4v) is 5.70. The van der Waals surface area contributed by atoms with E-state index in [2.05, 4.69) is 52.9 Å². The Balaban J connectivity index is 0.00000300. The second-order valence-electron chi connectivity index (χ2n) is 6.80. The van der Waals surface area contributed by atoms with E-state index in [-0.39, 0.29) is 35.8 Å². The van der Waals surface area contributed by atoms with Crippen molar-refractivity contribution in [1.29, 1.82) is 0 Å². The van der Waals surface area contributed by atoms with Crippen molar-refractivity contribution in [1.82, 2.24) is 14.9 Å². The van der Waals surface area contributed by atoms with Crippen molar-refractivity contribution in [3.8, 4) is 0 Å². The Morgan fingerprint density at radius 2 is 1.86 bits per heavy atom. The van der Waals surface area contributed by atoms with Gasteiger partial charge in [-0.25, -0.2) is 12.7 Å². The molecule has 29 heavy (non-hydrogen) atoms. The fraction of sp³-hybridized carbons (Fsp3) is 0.450. The highest BCUT2D eigenvalue weighted by Gasteiger charge is 2.23. The van der Waals surface area contributed by atoms with Gasteiger partial charge in [0.1, 0.15) is 0 Å². The summed E-state index contributed by atoms with van der Waals surface area (Å²) in [7, 11) is -1.52. The van der Waals surface area contributed by atoms with Crippen LogP contribution in [0.1, 0.15) is 18.5 Å². The molecule has 1 aliphatic rings. The number of guanidine groups is 1. The highest BCUT2D eigenvalue weighted by molar-refractivity contribution is 14.0. The van der Waals surface area contributed by atoms with E-state index in [0.29, 0.717) is 25.6 Å². The van der Waals surface area contributed by atoms with Crippen LogP contribution in [-0.4, -0.2) is 62.6 Å². The summed E-state index contributed by atoms with van der Waals surface area (Å²) in [6.07, 6.45) is 0. The van der Waals surface area contributed by atoms with Crippen LogP contribution in [0.25, 0.3) is 10.8 Å². The molecule has 1 heterocycles. The van der Waals surface area contributed by atoms with Crippen LogP contribution in [0.3, 0.4) is 0 Å². The standard InChI is InChI=1S/C20H28N4O2S2.HI/c1-16(18-8-7-17-5-3-4-6-19(17)15-18)23-20(21-2)22-9-14-28(25,26)24-10-12-27-13-11-24;/h3-8,15-16H,9-14H2,1-2H3,(H2,21,22,23);1H. The normalized spacial score (nSPS) is 16.8. The Kier molecular flexibility index (Phi) is 9.51. The predicted molar refractivity (Wildman–Crippen MR) is 135 cm³/mol. The second-order valence-corrected chi connectivity index (χ2v) is 10.1. The molecule has 0 saturated carbocycles. The largest absolute Gasteiger partial charge is 0.355 e. The quantitative estimate of drug-likeness (QED) is 0.330. The van der Waals surface area contributed by atoms with Crippen LogP contribution in [0.2, 0.25) is 0 Å². The molecule has 1 unspecified atom stereocenters. The molecule has 1 aliphatic heterocycles. The molecule has 9 heteroatoms. The minimum Gasteiger partial charge on any atom is -0.355 e. The van der Waals surface area contributed by atoms with E-state index in [9.17, 15) is 8.42 Å². The number of thioether (sulfide) groups is 1. The summed E-state index contributed by atoms with van der Waals surface area (Å²) < 4.78 is 26.5. The van der Waals surface area contributed by atoms with Crippen molar-refractivity contribution in [2.75, 3.05) is 43.9 Å². The van der Waals surface area contributed by atoms with Gasteiger partial charge in [0.05, 0.1) is 11.8 Å². The van der Waals surface area contributed by atoms with Gasteiger partial charge in [-0.1, -0.05) is 36.4 Å². The number of nitrogens with zero attached hydrogens (tertiary/aromatic N) is 2. The van der Waals surface area contributed by atoms with Crippen molar-refractivity contribution < 1.29 is 8.42 Å². The minimum absolute atomic E-state index is 0. The molecule has 3 rings (SSSR count). The third kappa shape index (κ3) is 6.73. The van der Waals surface area contributed by atoms with Gasteiger partial charge in [0.15, 0.2) is 5.96 Å². The SMILES string of the molecule is CN=C(NCCS(=O)(=O)N1CCSCC1)NC(C)c1ccc2ccccc2c1.I. The van der Waals surface area contributed by atoms with Crippen molar-refractivity contribution in [2.45, 2.75) is 13.0 Å². The Morgan fingerprint density at radius 1 is 1.17 bits per heavy atom. The van der Waals surface area contributed by atoms with Crippen LogP contribution in [0, 0.1) is 0 Å². The van der Waals surface area contributed by atoms with Gasteiger partial charge in [-0.15, -0.1) is 24.0 Å². The van der Waals surface area contributed by atoms with Crippen molar-refractivity contribution in [2.24, 2.45) is 4.99 Å². The predicted octanol–water partition coefficient (Wildman–Crippen LogP) is 3.06. The lowest BCUT2D eigenvalue weighted by Crippen LogP contribution is -2.44. The maximum absolute atomic E-state index is 12.4. The summed E-state index contributed by atoms with van der Waals surface area (Å²) >= 11 is 1.80. The molecule has 2 aromatic rings. The average molecular weight is 549 g/mol. The fourth-order valence-electron chi connectivity index (χ4n) is 3.21. The number of fused-ring (bicyclic) bond motifs is 1. The Bertz CT molecular complexity index is 931. The van der Waals surface area contributed by atoms with Gasteiger partial charge in [0.25, 0.3) is 0 Å². The van der Waals surface area contributed by atoms with Gasteiger partial charge in [-0.2, -0.15) is 11.8 Å². The minimum atomic E-state index is -3.22. The zero-order chi connectivity index (χ0) is 20.0. The summed E-state index contributed by atoms with van der Waals surface area (Å²) in [4.78, 5) is 4.23. The van der Waals surface area contributed by atoms with Crippen molar-refractivity contribution >= 4 is 62.5 Å². The molecule has 0 amide bonds. The van der Waals surface area contributed by atoms with E-state index in [0.717, 1.165) is 17.1 Å². The Hall–Kier alpha value is -1.04. The maximum Gasteiger partial charge on any atom is 0.215 e. The Morgan fingerprint density at radius 3 is 2.55 bits per heavy atom. The molecule has 160 valence electrons. The number of nitrogens with one attached hydrogen (secondary N) is 2. The third-order valence-corrected chi connectivity index (χ3v) is 7.68. The highest BCUT2D eigenvalue weighted by Crippen LogP contribution is 2.20. The van der Waals surface area contributed by atoms with Gasteiger partial charge in [-0.3, -0.25) is 4.99 Å². The number of rotatable bonds is 6. The first-order chi connectivity index (χ1) is 13.5. The molecular formula is C20H29IN4O2S2. The van der Waals surface area contributed by atoms with Crippen molar-refractivity contribution in [3.05, 3.63) is 48.0 Å². The number of hydrogen-bond donors (Lipinski definition) is 2. The van der Waals surface area contributed by atoms with Gasteiger partial charge in [0, 0.05) is 38.2 Å². The van der Waals surface area contributed by atoms with Crippen LogP contribution < -0.4 is 10.6 Å². The van der Waals surface area contributed by atoms with Gasteiger partial charge < -0.3 is 10.6 Å². The first-order valence-corrected chi connectivity index (χ1v) is 12.3. The van der Waals surface area contributed by atoms with Crippen LogP contribution in [-0.2, 0) is 10.0 Å². The molecular weight excluding hydrogens is 519 g/mol. The lowest BCUT2D eigenvalue weighted by molar-refractivity contribution is 0.443. The lowest BCUT2D eigenvalue weighted by Gasteiger charge is -2.26. The molecule has 2 aromatic carbocycles. The zero-order valence-corrected chi connectivity index (χ0v) is 20.8. The molecule has 6 nitrogen and oxygen atoms in total. The smallest absolute Gasteiger partial charge is 0.215 e. The molecule has 1 atom stereocenters. The Labute approximate surface area is 195 Å². The molecule has 0 radical (unpaired) electrons. The van der Waals surface area contributed by atoms with E-state index >= 15 is 0 Å². The molecule has 0 spiro atoms. The summed E-state index contributed by atoms with van der Waals surface area (Å²) in [6, 6.07) is 14.7. The average Bonchev–Trinajstić information content (AvgIpc) is 2.73. The third-order valence-electron chi connectivity index (χ3n) is 4.87. The van der Waals surface area contributed by atoms with Crippen LogP contribution in [0.5, 0.6) is 0 Å². The van der Waals surface area contributed by atoms with Gasteiger partial charge in [-0.05, 0) is 29.3 Å². The topological polar surface area (TPSA) is 73.8 Å². The van der Waals surface area contributed by atoms with Gasteiger partial charge >= 0.3 is 0 Å². The summed E-state index contributed by atoms with van der Waals surface area (Å²) in [6.45, 7) is 3.62. The van der Waals surface area contributed by atoms with Crippen molar-refractivity contribution in [3.63, 3.8) is 0 Å². The van der Waals surface area contributed by atoms with Crippen LogP contribution in [0.4, 0.5) is 0 Å². The van der Waals surface area contributed by atoms with E-state index < -0.39 is 10.0 Å². The maximum atomic E-state index is 12.4. The summed E-state index contributed by atoms with van der Waals surface area (Å²) in [5, 5.41) is 8.88. The molecule has 0 bridgehead atoms. The van der Waals surface area contributed by atoms with Crippen LogP contribution >= 0.6 is 35.7 Å². The molecule has 0 aliphatic carbocycles. The number of sulfonamides is 1. The summed E-state index contributed by atoms with van der Waals surface area (Å²) in [5.41, 5.74) is 1.15. The molecule has 1 fully saturated rings. The number of benzene rings is 2. The van der Waals surface area contributed by atoms with E-state index in [4.69, 9.17) is 0 Å². The second kappa shape index (κ2) is 11.4. The number of halogens is 1. The monoisotopic (exact) mass is 548 g/mol. The molecule has 2 N–H and O–H groups in total. The summed E-state index contributed by atoms with van der Waals surface area (Å²) in [5.74, 6) is 2.42. The van der Waals surface area contributed by atoms with E-state index in [1.165, 1.54) is 10.8 Å². The molecule has 0 aromatic heterocycles. The number of hydrogen-bond acceptors (Lipinski definition) is 4. The first-order valence-electron chi connectivity index (χ1n) is 9.51.